The summed E-state index contributed by atoms with van der Waals surface area (Å²) in [4.78, 5) is 47.8. The molecule has 0 aromatic carbocycles. The highest BCUT2D eigenvalue weighted by atomic mass is 16.5. The Morgan fingerprint density at radius 2 is 0.943 bits per heavy atom. The first-order valence-electron chi connectivity index (χ1n) is 12.4. The summed E-state index contributed by atoms with van der Waals surface area (Å²) in [6, 6.07) is 0. The molecule has 0 aromatic rings. The minimum absolute atomic E-state index is 0.0245. The van der Waals surface area contributed by atoms with Crippen LogP contribution < -0.4 is 0 Å². The van der Waals surface area contributed by atoms with E-state index in [4.69, 9.17) is 29.2 Å². The van der Waals surface area contributed by atoms with Crippen LogP contribution in [0.5, 0.6) is 0 Å². The summed E-state index contributed by atoms with van der Waals surface area (Å²) in [5.41, 5.74) is 0. The molecule has 0 saturated heterocycles. The average molecular weight is 505 g/mol. The highest BCUT2D eigenvalue weighted by Crippen LogP contribution is 2.12. The molecule has 10 nitrogen and oxygen atoms in total. The molecule has 0 fully saturated rings. The quantitative estimate of drug-likeness (QED) is 0.198. The largest absolute Gasteiger partial charge is 0.466 e. The summed E-state index contributed by atoms with van der Waals surface area (Å²) in [6.07, 6.45) is 1.39. The van der Waals surface area contributed by atoms with Crippen LogP contribution in [0.1, 0.15) is 66.7 Å². The van der Waals surface area contributed by atoms with Crippen LogP contribution >= 0.6 is 0 Å². The molecule has 0 rings (SSSR count). The van der Waals surface area contributed by atoms with Crippen LogP contribution in [0.2, 0.25) is 0 Å². The third kappa shape index (κ3) is 17.0. The van der Waals surface area contributed by atoms with Crippen molar-refractivity contribution in [2.45, 2.75) is 66.7 Å². The molecule has 10 heteroatoms. The van der Waals surface area contributed by atoms with Crippen molar-refractivity contribution in [3.8, 4) is 0 Å². The Kier molecular flexibility index (Phi) is 17.8. The monoisotopic (exact) mass is 504 g/mol. The molecule has 0 radical (unpaired) electrons. The normalized spacial score (nSPS) is 15.3. The van der Waals surface area contributed by atoms with Crippen LogP contribution in [0.3, 0.4) is 0 Å². The van der Waals surface area contributed by atoms with Gasteiger partial charge in [-0.25, -0.2) is 0 Å². The van der Waals surface area contributed by atoms with Crippen molar-refractivity contribution in [1.82, 2.24) is 0 Å². The summed E-state index contributed by atoms with van der Waals surface area (Å²) in [7, 11) is 0. The molecule has 2 N–H and O–H groups in total. The van der Waals surface area contributed by atoms with E-state index < -0.39 is 35.7 Å². The fourth-order valence-corrected chi connectivity index (χ4v) is 2.67. The van der Waals surface area contributed by atoms with Gasteiger partial charge in [-0.2, -0.15) is 0 Å². The summed E-state index contributed by atoms with van der Waals surface area (Å²) in [6.45, 7) is 9.40. The Bertz CT molecular complexity index is 636. The highest BCUT2D eigenvalue weighted by molar-refractivity contribution is 5.80. The molecule has 0 aliphatic heterocycles. The predicted octanol–water partition coefficient (Wildman–Crippen LogP) is 2.27. The Labute approximate surface area is 208 Å². The van der Waals surface area contributed by atoms with Crippen molar-refractivity contribution in [3.63, 3.8) is 0 Å². The first-order chi connectivity index (χ1) is 16.5. The van der Waals surface area contributed by atoms with Gasteiger partial charge >= 0.3 is 23.9 Å². The van der Waals surface area contributed by atoms with Crippen LogP contribution in [0, 0.1) is 29.6 Å². The molecular weight excluding hydrogens is 460 g/mol. The van der Waals surface area contributed by atoms with E-state index in [1.807, 2.05) is 20.8 Å². The van der Waals surface area contributed by atoms with E-state index in [0.29, 0.717) is 19.3 Å². The second kappa shape index (κ2) is 19.0. The van der Waals surface area contributed by atoms with E-state index in [-0.39, 0.29) is 70.2 Å². The van der Waals surface area contributed by atoms with Crippen LogP contribution in [0.25, 0.3) is 0 Å². The van der Waals surface area contributed by atoms with Gasteiger partial charge in [0.1, 0.15) is 0 Å². The lowest BCUT2D eigenvalue weighted by atomic mass is 10.1. The smallest absolute Gasteiger partial charge is 0.309 e. The molecule has 0 spiro atoms. The molecule has 0 bridgehead atoms. The molecule has 5 atom stereocenters. The minimum Gasteiger partial charge on any atom is -0.466 e. The molecule has 204 valence electrons. The number of rotatable bonds is 19. The van der Waals surface area contributed by atoms with Crippen molar-refractivity contribution >= 4 is 23.9 Å². The van der Waals surface area contributed by atoms with E-state index in [9.17, 15) is 19.2 Å². The van der Waals surface area contributed by atoms with Gasteiger partial charge in [-0.15, -0.1) is 0 Å². The maximum Gasteiger partial charge on any atom is 0.309 e. The predicted molar refractivity (Wildman–Crippen MR) is 127 cm³/mol. The number of carbonyl (C=O) groups excluding carboxylic acids is 4. The SMILES string of the molecule is CC(CO)CCOC(=O)CC(C)C(=O)OCCC(C)COC(=O)CC(C)C(=O)OCCC(C)CO. The molecule has 0 saturated carbocycles. The topological polar surface area (TPSA) is 146 Å². The molecule has 0 aromatic heterocycles. The zero-order valence-corrected chi connectivity index (χ0v) is 21.8. The second-order valence-corrected chi connectivity index (χ2v) is 9.50. The van der Waals surface area contributed by atoms with Gasteiger partial charge < -0.3 is 29.2 Å². The van der Waals surface area contributed by atoms with E-state index in [2.05, 4.69) is 0 Å². The molecule has 0 heterocycles. The van der Waals surface area contributed by atoms with Gasteiger partial charge in [-0.1, -0.05) is 34.6 Å². The molecule has 5 unspecified atom stereocenters. The number of hydrogen-bond donors (Lipinski definition) is 2. The van der Waals surface area contributed by atoms with Gasteiger partial charge in [-0.3, -0.25) is 19.2 Å². The van der Waals surface area contributed by atoms with Crippen molar-refractivity contribution in [1.29, 1.82) is 0 Å². The maximum atomic E-state index is 12.1. The summed E-state index contributed by atoms with van der Waals surface area (Å²) in [5, 5.41) is 17.9. The van der Waals surface area contributed by atoms with E-state index in [1.165, 1.54) is 0 Å². The summed E-state index contributed by atoms with van der Waals surface area (Å²) >= 11 is 0. The maximum absolute atomic E-state index is 12.1. The van der Waals surface area contributed by atoms with Crippen LogP contribution in [-0.2, 0) is 38.1 Å². The Morgan fingerprint density at radius 1 is 0.571 bits per heavy atom. The number of aliphatic hydroxyl groups is 2. The fourth-order valence-electron chi connectivity index (χ4n) is 2.67. The minimum atomic E-state index is -0.640. The number of ether oxygens (including phenoxy) is 4. The first-order valence-corrected chi connectivity index (χ1v) is 12.4. The van der Waals surface area contributed by atoms with Crippen molar-refractivity contribution < 1.29 is 48.3 Å². The summed E-state index contributed by atoms with van der Waals surface area (Å²) in [5.74, 6) is -3.24. The number of esters is 4. The van der Waals surface area contributed by atoms with Crippen LogP contribution in [0.15, 0.2) is 0 Å². The van der Waals surface area contributed by atoms with Gasteiger partial charge in [0.25, 0.3) is 0 Å². The number of hydrogen-bond acceptors (Lipinski definition) is 10. The van der Waals surface area contributed by atoms with Gasteiger partial charge in [0.15, 0.2) is 0 Å². The highest BCUT2D eigenvalue weighted by Gasteiger charge is 2.21. The average Bonchev–Trinajstić information content (AvgIpc) is 2.81. The van der Waals surface area contributed by atoms with Crippen molar-refractivity contribution in [3.05, 3.63) is 0 Å². The Morgan fingerprint density at radius 3 is 1.37 bits per heavy atom. The van der Waals surface area contributed by atoms with Gasteiger partial charge in [0.05, 0.1) is 51.1 Å². The van der Waals surface area contributed by atoms with Crippen molar-refractivity contribution in [2.75, 3.05) is 39.6 Å². The summed E-state index contributed by atoms with van der Waals surface area (Å²) < 4.78 is 20.6. The van der Waals surface area contributed by atoms with Crippen molar-refractivity contribution in [2.24, 2.45) is 29.6 Å². The molecular formula is C25H44O10. The lowest BCUT2D eigenvalue weighted by molar-refractivity contribution is -0.156. The molecule has 0 aliphatic carbocycles. The van der Waals surface area contributed by atoms with E-state index >= 15 is 0 Å². The van der Waals surface area contributed by atoms with Gasteiger partial charge in [0, 0.05) is 13.2 Å². The van der Waals surface area contributed by atoms with Gasteiger partial charge in [-0.05, 0) is 37.0 Å². The molecule has 0 amide bonds. The fraction of sp³-hybridized carbons (Fsp3) is 0.840. The lowest BCUT2D eigenvalue weighted by Gasteiger charge is -2.16. The Balaban J connectivity index is 4.03. The first kappa shape index (κ1) is 32.8. The number of aliphatic hydroxyl groups excluding tert-OH is 2. The molecule has 0 aliphatic rings. The van der Waals surface area contributed by atoms with E-state index in [0.717, 1.165) is 0 Å². The van der Waals surface area contributed by atoms with Crippen LogP contribution in [-0.4, -0.2) is 73.7 Å². The second-order valence-electron chi connectivity index (χ2n) is 9.50. The van der Waals surface area contributed by atoms with Gasteiger partial charge in [0.2, 0.25) is 0 Å². The van der Waals surface area contributed by atoms with E-state index in [1.54, 1.807) is 13.8 Å². The zero-order chi connectivity index (χ0) is 26.8. The van der Waals surface area contributed by atoms with Crippen LogP contribution in [0.4, 0.5) is 0 Å². The standard InChI is InChI=1S/C25H44O10/c1-17(14-26)6-9-32-22(28)12-20(4)24(30)34-11-8-19(3)16-35-23(29)13-21(5)25(31)33-10-7-18(2)15-27/h17-21,26-27H,6-16H2,1-5H3. The lowest BCUT2D eigenvalue weighted by Crippen LogP contribution is -2.23. The Hall–Kier alpha value is -2.20. The third-order valence-corrected chi connectivity index (χ3v) is 5.49. The molecule has 35 heavy (non-hydrogen) atoms. The zero-order valence-electron chi connectivity index (χ0n) is 21.8. The third-order valence-electron chi connectivity index (χ3n) is 5.49. The number of carbonyl (C=O) groups is 4.